The SMILES string of the molecule is I.NC(=NCC1CCCO1)NCCc1cn2c(n1)SCC2. The lowest BCUT2D eigenvalue weighted by atomic mass is 10.2. The average Bonchev–Trinajstić information content (AvgIpc) is 3.12. The zero-order valence-corrected chi connectivity index (χ0v) is 15.1. The number of halogens is 1. The first kappa shape index (κ1) is 16.9. The van der Waals surface area contributed by atoms with Crippen molar-refractivity contribution in [1.82, 2.24) is 14.9 Å². The fourth-order valence-electron chi connectivity index (χ4n) is 2.45. The maximum atomic E-state index is 5.84. The molecule has 1 aromatic heterocycles. The van der Waals surface area contributed by atoms with Gasteiger partial charge in [0.2, 0.25) is 0 Å². The molecule has 6 nitrogen and oxygen atoms in total. The third kappa shape index (κ3) is 4.75. The molecule has 3 N–H and O–H groups in total. The van der Waals surface area contributed by atoms with Gasteiger partial charge in [-0.25, -0.2) is 4.98 Å². The second kappa shape index (κ2) is 8.23. The standard InChI is InChI=1S/C13H21N5OS.HI/c14-12(16-8-11-2-1-6-19-11)15-4-3-10-9-18-5-7-20-13(18)17-10;/h9,11H,1-8H2,(H3,14,15,16);1H. The van der Waals surface area contributed by atoms with Gasteiger partial charge in [0, 0.05) is 38.1 Å². The average molecular weight is 423 g/mol. The Labute approximate surface area is 146 Å². The van der Waals surface area contributed by atoms with Gasteiger partial charge in [0.15, 0.2) is 11.1 Å². The molecule has 21 heavy (non-hydrogen) atoms. The van der Waals surface area contributed by atoms with Crippen LogP contribution in [0, 0.1) is 0 Å². The predicted octanol–water partition coefficient (Wildman–Crippen LogP) is 1.23. The molecule has 3 heterocycles. The van der Waals surface area contributed by atoms with Crippen LogP contribution in [0.1, 0.15) is 18.5 Å². The zero-order chi connectivity index (χ0) is 13.8. The molecule has 0 saturated carbocycles. The summed E-state index contributed by atoms with van der Waals surface area (Å²) < 4.78 is 7.72. The molecule has 0 bridgehead atoms. The van der Waals surface area contributed by atoms with Crippen LogP contribution in [0.15, 0.2) is 16.3 Å². The molecule has 1 unspecified atom stereocenters. The predicted molar refractivity (Wildman–Crippen MR) is 95.5 cm³/mol. The number of aromatic nitrogens is 2. The number of hydrogen-bond acceptors (Lipinski definition) is 4. The Morgan fingerprint density at radius 2 is 2.52 bits per heavy atom. The molecule has 2 aliphatic rings. The number of imidazole rings is 1. The first-order chi connectivity index (χ1) is 9.81. The maximum Gasteiger partial charge on any atom is 0.188 e. The molecule has 2 aliphatic heterocycles. The molecule has 0 aromatic carbocycles. The van der Waals surface area contributed by atoms with Crippen LogP contribution in [-0.4, -0.2) is 47.1 Å². The number of guanidine groups is 1. The smallest absolute Gasteiger partial charge is 0.188 e. The number of nitrogens with two attached hydrogens (primary N) is 1. The van der Waals surface area contributed by atoms with Crippen LogP contribution >= 0.6 is 35.7 Å². The van der Waals surface area contributed by atoms with Gasteiger partial charge in [-0.1, -0.05) is 11.8 Å². The molecule has 8 heteroatoms. The lowest BCUT2D eigenvalue weighted by Gasteiger charge is -2.07. The van der Waals surface area contributed by atoms with Crippen LogP contribution in [-0.2, 0) is 17.7 Å². The lowest BCUT2D eigenvalue weighted by molar-refractivity contribution is 0.118. The summed E-state index contributed by atoms with van der Waals surface area (Å²) in [4.78, 5) is 8.90. The highest BCUT2D eigenvalue weighted by Crippen LogP contribution is 2.24. The van der Waals surface area contributed by atoms with Crippen molar-refractivity contribution in [3.05, 3.63) is 11.9 Å². The Balaban J connectivity index is 0.00000161. The van der Waals surface area contributed by atoms with Crippen molar-refractivity contribution in [3.63, 3.8) is 0 Å². The van der Waals surface area contributed by atoms with Gasteiger partial charge in [-0.3, -0.25) is 4.99 Å². The van der Waals surface area contributed by atoms with Crippen LogP contribution in [0.4, 0.5) is 0 Å². The molecule has 0 spiro atoms. The van der Waals surface area contributed by atoms with Crippen molar-refractivity contribution >= 4 is 41.7 Å². The zero-order valence-electron chi connectivity index (χ0n) is 12.0. The molecule has 118 valence electrons. The minimum Gasteiger partial charge on any atom is -0.376 e. The number of hydrogen-bond donors (Lipinski definition) is 2. The summed E-state index contributed by atoms with van der Waals surface area (Å²) in [7, 11) is 0. The minimum atomic E-state index is 0. The van der Waals surface area contributed by atoms with Gasteiger partial charge in [-0.05, 0) is 12.8 Å². The van der Waals surface area contributed by atoms with Gasteiger partial charge < -0.3 is 20.4 Å². The van der Waals surface area contributed by atoms with E-state index in [1.165, 1.54) is 0 Å². The number of ether oxygens (including phenoxy) is 1. The number of aryl methyl sites for hydroxylation is 1. The quantitative estimate of drug-likeness (QED) is 0.423. The highest BCUT2D eigenvalue weighted by molar-refractivity contribution is 14.0. The van der Waals surface area contributed by atoms with Crippen LogP contribution in [0.5, 0.6) is 0 Å². The highest BCUT2D eigenvalue weighted by atomic mass is 127. The summed E-state index contributed by atoms with van der Waals surface area (Å²) in [5, 5.41) is 4.27. The third-order valence-electron chi connectivity index (χ3n) is 3.53. The number of thioether (sulfide) groups is 1. The van der Waals surface area contributed by atoms with Crippen molar-refractivity contribution in [2.45, 2.75) is 37.1 Å². The van der Waals surface area contributed by atoms with Gasteiger partial charge in [-0.2, -0.15) is 0 Å². The normalized spacial score (nSPS) is 21.1. The molecule has 0 amide bonds. The Kier molecular flexibility index (Phi) is 6.62. The van der Waals surface area contributed by atoms with Gasteiger partial charge in [0.1, 0.15) is 0 Å². The van der Waals surface area contributed by atoms with Gasteiger partial charge in [-0.15, -0.1) is 24.0 Å². The van der Waals surface area contributed by atoms with E-state index in [0.717, 1.165) is 55.6 Å². The molecular weight excluding hydrogens is 401 g/mol. The second-order valence-corrected chi connectivity index (χ2v) is 6.16. The van der Waals surface area contributed by atoms with Crippen molar-refractivity contribution < 1.29 is 4.74 Å². The van der Waals surface area contributed by atoms with Gasteiger partial charge in [0.25, 0.3) is 0 Å². The summed E-state index contributed by atoms with van der Waals surface area (Å²) in [6.07, 6.45) is 5.49. The summed E-state index contributed by atoms with van der Waals surface area (Å²) in [6.45, 7) is 3.36. The van der Waals surface area contributed by atoms with E-state index in [1.54, 1.807) is 0 Å². The first-order valence-corrected chi connectivity index (χ1v) is 8.14. The maximum absolute atomic E-state index is 5.84. The Bertz CT molecular complexity index is 465. The Morgan fingerprint density at radius 1 is 1.62 bits per heavy atom. The Morgan fingerprint density at radius 3 is 3.29 bits per heavy atom. The summed E-state index contributed by atoms with van der Waals surface area (Å²) >= 11 is 1.82. The molecular formula is C13H22IN5OS. The number of nitrogens with one attached hydrogen (secondary N) is 1. The molecule has 0 radical (unpaired) electrons. The second-order valence-electron chi connectivity index (χ2n) is 5.09. The summed E-state index contributed by atoms with van der Waals surface area (Å²) in [6, 6.07) is 0. The van der Waals surface area contributed by atoms with Crippen LogP contribution < -0.4 is 11.1 Å². The molecule has 1 fully saturated rings. The van der Waals surface area contributed by atoms with E-state index in [9.17, 15) is 0 Å². The van der Waals surface area contributed by atoms with E-state index in [-0.39, 0.29) is 30.1 Å². The number of rotatable bonds is 5. The molecule has 1 aromatic rings. The Hall–Kier alpha value is -0.480. The van der Waals surface area contributed by atoms with E-state index < -0.39 is 0 Å². The van der Waals surface area contributed by atoms with E-state index in [4.69, 9.17) is 10.5 Å². The number of fused-ring (bicyclic) bond motifs is 1. The van der Waals surface area contributed by atoms with Crippen LogP contribution in [0.3, 0.4) is 0 Å². The van der Waals surface area contributed by atoms with Crippen LogP contribution in [0.2, 0.25) is 0 Å². The lowest BCUT2D eigenvalue weighted by Crippen LogP contribution is -2.34. The van der Waals surface area contributed by atoms with Gasteiger partial charge >= 0.3 is 0 Å². The van der Waals surface area contributed by atoms with Gasteiger partial charge in [0.05, 0.1) is 18.3 Å². The fourth-order valence-corrected chi connectivity index (χ4v) is 3.41. The van der Waals surface area contributed by atoms with E-state index in [1.807, 2.05) is 11.8 Å². The number of nitrogens with zero attached hydrogens (tertiary/aromatic N) is 3. The van der Waals surface area contributed by atoms with E-state index >= 15 is 0 Å². The van der Waals surface area contributed by atoms with Crippen LogP contribution in [0.25, 0.3) is 0 Å². The monoisotopic (exact) mass is 423 g/mol. The topological polar surface area (TPSA) is 77.5 Å². The number of aliphatic imine (C=N–C) groups is 1. The first-order valence-electron chi connectivity index (χ1n) is 7.15. The third-order valence-corrected chi connectivity index (χ3v) is 4.50. The summed E-state index contributed by atoms with van der Waals surface area (Å²) in [5.74, 6) is 1.64. The molecule has 1 saturated heterocycles. The fraction of sp³-hybridized carbons (Fsp3) is 0.692. The van der Waals surface area contributed by atoms with Crippen molar-refractivity contribution in [1.29, 1.82) is 0 Å². The molecule has 3 rings (SSSR count). The largest absolute Gasteiger partial charge is 0.376 e. The minimum absolute atomic E-state index is 0. The van der Waals surface area contributed by atoms with Crippen molar-refractivity contribution in [2.75, 3.05) is 25.4 Å². The van der Waals surface area contributed by atoms with Crippen molar-refractivity contribution in [3.8, 4) is 0 Å². The van der Waals surface area contributed by atoms with E-state index in [0.29, 0.717) is 12.5 Å². The molecule has 1 atom stereocenters. The summed E-state index contributed by atoms with van der Waals surface area (Å²) in [5.41, 5.74) is 6.96. The molecule has 0 aliphatic carbocycles. The van der Waals surface area contributed by atoms with Crippen molar-refractivity contribution in [2.24, 2.45) is 10.7 Å². The van der Waals surface area contributed by atoms with E-state index in [2.05, 4.69) is 26.1 Å². The highest BCUT2D eigenvalue weighted by Gasteiger charge is 2.15.